The van der Waals surface area contributed by atoms with Gasteiger partial charge < -0.3 is 15.4 Å². The second kappa shape index (κ2) is 13.9. The van der Waals surface area contributed by atoms with Crippen molar-refractivity contribution in [2.24, 2.45) is 0 Å². The van der Waals surface area contributed by atoms with Crippen LogP contribution in [0.2, 0.25) is 0 Å². The predicted molar refractivity (Wildman–Crippen MR) is 113 cm³/mol. The first-order valence-electron chi connectivity index (χ1n) is 10.8. The molecule has 2 N–H and O–H groups in total. The van der Waals surface area contributed by atoms with Gasteiger partial charge in [0.05, 0.1) is 13.2 Å². The largest absolute Gasteiger partial charge is 0.385 e. The van der Waals surface area contributed by atoms with E-state index in [4.69, 9.17) is 4.74 Å². The summed E-state index contributed by atoms with van der Waals surface area (Å²) >= 11 is 0. The standard InChI is InChI=1S/C22H39N3O/c1-2-3-4-5-6-7-8-9-14-23-21-10-12-22(13-11-21)24-15-16-25-17-19-26-20-18-25/h10-13,23-24H,2-9,14-20H2,1H3. The highest BCUT2D eigenvalue weighted by Gasteiger charge is 2.08. The molecule has 0 bridgehead atoms. The molecule has 1 aromatic rings. The van der Waals surface area contributed by atoms with Crippen LogP contribution in [0.15, 0.2) is 24.3 Å². The molecule has 0 saturated carbocycles. The minimum absolute atomic E-state index is 0.874. The summed E-state index contributed by atoms with van der Waals surface area (Å²) in [5.41, 5.74) is 2.43. The van der Waals surface area contributed by atoms with Crippen molar-refractivity contribution in [3.8, 4) is 0 Å². The maximum Gasteiger partial charge on any atom is 0.0594 e. The van der Waals surface area contributed by atoms with E-state index in [1.54, 1.807) is 0 Å². The predicted octanol–water partition coefficient (Wildman–Crippen LogP) is 4.98. The van der Waals surface area contributed by atoms with Crippen LogP contribution in [0.1, 0.15) is 58.3 Å². The summed E-state index contributed by atoms with van der Waals surface area (Å²) in [5.74, 6) is 0. The second-order valence-corrected chi connectivity index (χ2v) is 7.36. The van der Waals surface area contributed by atoms with Gasteiger partial charge in [-0.2, -0.15) is 0 Å². The lowest BCUT2D eigenvalue weighted by Crippen LogP contribution is -2.38. The van der Waals surface area contributed by atoms with Gasteiger partial charge in [0.15, 0.2) is 0 Å². The molecule has 1 aliphatic rings. The van der Waals surface area contributed by atoms with Crippen molar-refractivity contribution >= 4 is 11.4 Å². The van der Waals surface area contributed by atoms with E-state index in [1.807, 2.05) is 0 Å². The minimum Gasteiger partial charge on any atom is -0.385 e. The molecule has 0 radical (unpaired) electrons. The minimum atomic E-state index is 0.874. The molecular formula is C22H39N3O. The van der Waals surface area contributed by atoms with Crippen LogP contribution in [0.4, 0.5) is 11.4 Å². The Kier molecular flexibility index (Phi) is 11.2. The average Bonchev–Trinajstić information content (AvgIpc) is 2.69. The van der Waals surface area contributed by atoms with E-state index in [-0.39, 0.29) is 0 Å². The zero-order chi connectivity index (χ0) is 18.3. The third-order valence-electron chi connectivity index (χ3n) is 5.11. The maximum absolute atomic E-state index is 5.38. The van der Waals surface area contributed by atoms with Crippen molar-refractivity contribution in [2.75, 3.05) is 56.6 Å². The van der Waals surface area contributed by atoms with Crippen molar-refractivity contribution in [1.82, 2.24) is 4.90 Å². The molecule has 0 unspecified atom stereocenters. The molecule has 26 heavy (non-hydrogen) atoms. The lowest BCUT2D eigenvalue weighted by molar-refractivity contribution is 0.0398. The van der Waals surface area contributed by atoms with Gasteiger partial charge in [0.2, 0.25) is 0 Å². The first-order chi connectivity index (χ1) is 12.9. The van der Waals surface area contributed by atoms with Crippen LogP contribution in [0.5, 0.6) is 0 Å². The number of hydrogen-bond acceptors (Lipinski definition) is 4. The number of anilines is 2. The van der Waals surface area contributed by atoms with Gasteiger partial charge in [0.1, 0.15) is 0 Å². The molecule has 1 heterocycles. The molecule has 148 valence electrons. The zero-order valence-corrected chi connectivity index (χ0v) is 16.8. The Morgan fingerprint density at radius 1 is 0.769 bits per heavy atom. The quantitative estimate of drug-likeness (QED) is 0.458. The average molecular weight is 362 g/mol. The number of benzene rings is 1. The molecule has 0 atom stereocenters. The monoisotopic (exact) mass is 361 g/mol. The van der Waals surface area contributed by atoms with Crippen LogP contribution < -0.4 is 10.6 Å². The normalized spacial score (nSPS) is 15.1. The van der Waals surface area contributed by atoms with Crippen LogP contribution in [0.3, 0.4) is 0 Å². The molecule has 0 aliphatic carbocycles. The SMILES string of the molecule is CCCCCCCCCCNc1ccc(NCCN2CCOCC2)cc1. The maximum atomic E-state index is 5.38. The molecule has 0 amide bonds. The number of morpholine rings is 1. The van der Waals surface area contributed by atoms with Crippen LogP contribution in [0, 0.1) is 0 Å². The number of unbranched alkanes of at least 4 members (excludes halogenated alkanes) is 7. The van der Waals surface area contributed by atoms with Crippen molar-refractivity contribution in [3.05, 3.63) is 24.3 Å². The molecule has 1 fully saturated rings. The van der Waals surface area contributed by atoms with E-state index in [2.05, 4.69) is 46.7 Å². The summed E-state index contributed by atoms with van der Waals surface area (Å²) in [6.07, 6.45) is 11.0. The topological polar surface area (TPSA) is 36.5 Å². The Morgan fingerprint density at radius 3 is 1.92 bits per heavy atom. The molecule has 1 saturated heterocycles. The van der Waals surface area contributed by atoms with Crippen LogP contribution in [-0.2, 0) is 4.74 Å². The number of nitrogens with zero attached hydrogens (tertiary/aromatic N) is 1. The molecule has 1 aliphatic heterocycles. The smallest absolute Gasteiger partial charge is 0.0594 e. The Labute approximate surface area is 160 Å². The number of ether oxygens (including phenoxy) is 1. The van der Waals surface area contributed by atoms with Crippen molar-refractivity contribution in [1.29, 1.82) is 0 Å². The van der Waals surface area contributed by atoms with E-state index in [1.165, 1.54) is 62.7 Å². The first kappa shape index (κ1) is 21.0. The van der Waals surface area contributed by atoms with Gasteiger partial charge in [0, 0.05) is 44.1 Å². The fraction of sp³-hybridized carbons (Fsp3) is 0.727. The van der Waals surface area contributed by atoms with E-state index < -0.39 is 0 Å². The van der Waals surface area contributed by atoms with Crippen molar-refractivity contribution in [2.45, 2.75) is 58.3 Å². The van der Waals surface area contributed by atoms with E-state index in [0.717, 1.165) is 45.9 Å². The summed E-state index contributed by atoms with van der Waals surface area (Å²) in [6, 6.07) is 8.72. The summed E-state index contributed by atoms with van der Waals surface area (Å²) < 4.78 is 5.38. The molecule has 4 heteroatoms. The van der Waals surface area contributed by atoms with Gasteiger partial charge in [0.25, 0.3) is 0 Å². The fourth-order valence-corrected chi connectivity index (χ4v) is 3.38. The Hall–Kier alpha value is -1.26. The number of rotatable bonds is 14. The molecule has 1 aromatic carbocycles. The lowest BCUT2D eigenvalue weighted by Gasteiger charge is -2.26. The summed E-state index contributed by atoms with van der Waals surface area (Å²) in [6.45, 7) is 9.30. The Bertz CT molecular complexity index is 443. The van der Waals surface area contributed by atoms with Gasteiger partial charge in [-0.3, -0.25) is 4.90 Å². The summed E-state index contributed by atoms with van der Waals surface area (Å²) in [5, 5.41) is 7.05. The highest BCUT2D eigenvalue weighted by atomic mass is 16.5. The first-order valence-corrected chi connectivity index (χ1v) is 10.8. The Morgan fingerprint density at radius 2 is 1.31 bits per heavy atom. The molecule has 4 nitrogen and oxygen atoms in total. The van der Waals surface area contributed by atoms with Gasteiger partial charge >= 0.3 is 0 Å². The van der Waals surface area contributed by atoms with E-state index >= 15 is 0 Å². The van der Waals surface area contributed by atoms with Crippen LogP contribution in [0.25, 0.3) is 0 Å². The van der Waals surface area contributed by atoms with E-state index in [9.17, 15) is 0 Å². The summed E-state index contributed by atoms with van der Waals surface area (Å²) in [4.78, 5) is 2.45. The molecular weight excluding hydrogens is 322 g/mol. The van der Waals surface area contributed by atoms with E-state index in [0.29, 0.717) is 0 Å². The number of hydrogen-bond donors (Lipinski definition) is 2. The zero-order valence-electron chi connectivity index (χ0n) is 16.8. The molecule has 2 rings (SSSR count). The third-order valence-corrected chi connectivity index (χ3v) is 5.11. The third kappa shape index (κ3) is 9.44. The highest BCUT2D eigenvalue weighted by Crippen LogP contribution is 2.14. The Balaban J connectivity index is 1.48. The summed E-state index contributed by atoms with van der Waals surface area (Å²) in [7, 11) is 0. The fourth-order valence-electron chi connectivity index (χ4n) is 3.38. The van der Waals surface area contributed by atoms with Crippen molar-refractivity contribution in [3.63, 3.8) is 0 Å². The lowest BCUT2D eigenvalue weighted by atomic mass is 10.1. The van der Waals surface area contributed by atoms with Gasteiger partial charge in [-0.25, -0.2) is 0 Å². The van der Waals surface area contributed by atoms with Crippen LogP contribution >= 0.6 is 0 Å². The van der Waals surface area contributed by atoms with Gasteiger partial charge in [-0.15, -0.1) is 0 Å². The molecule has 0 aromatic heterocycles. The van der Waals surface area contributed by atoms with Crippen LogP contribution in [-0.4, -0.2) is 50.8 Å². The number of nitrogens with one attached hydrogen (secondary N) is 2. The van der Waals surface area contributed by atoms with Crippen molar-refractivity contribution < 1.29 is 4.74 Å². The van der Waals surface area contributed by atoms with Gasteiger partial charge in [-0.1, -0.05) is 51.9 Å². The second-order valence-electron chi connectivity index (χ2n) is 7.36. The molecule has 0 spiro atoms. The van der Waals surface area contributed by atoms with Gasteiger partial charge in [-0.05, 0) is 30.7 Å². The highest BCUT2D eigenvalue weighted by molar-refractivity contribution is 5.53.